The topological polar surface area (TPSA) is 28.1 Å². The maximum absolute atomic E-state index is 13.9. The number of halogens is 9. The van der Waals surface area contributed by atoms with E-state index in [1.54, 1.807) is 0 Å². The summed E-state index contributed by atoms with van der Waals surface area (Å²) in [4.78, 5) is 2.45. The van der Waals surface area contributed by atoms with E-state index in [4.69, 9.17) is 5.39 Å². The Kier molecular flexibility index (Phi) is 3.89. The molecule has 1 unspecified atom stereocenters. The van der Waals surface area contributed by atoms with Crippen LogP contribution in [0.25, 0.3) is 4.98 Å². The lowest BCUT2D eigenvalue weighted by Crippen LogP contribution is -2.59. The standard InChI is InChI=1S/C10H4F9N2/c11-7(9(14,15)16,8(12,13)10(17,18)19)5-1-3-6(21-20)4-2-5/h1-4H/q+1. The normalized spacial score (nSPS) is 16.2. The highest BCUT2D eigenvalue weighted by atomic mass is 19.4. The van der Waals surface area contributed by atoms with Gasteiger partial charge in [0.05, 0.1) is 0 Å². The van der Waals surface area contributed by atoms with Crippen LogP contribution in [0, 0.1) is 5.39 Å². The number of diazo groups is 1. The van der Waals surface area contributed by atoms with Gasteiger partial charge in [-0.3, -0.25) is 0 Å². The van der Waals surface area contributed by atoms with E-state index in [2.05, 4.69) is 4.98 Å². The lowest BCUT2D eigenvalue weighted by atomic mass is 9.87. The molecule has 11 heteroatoms. The highest BCUT2D eigenvalue weighted by Gasteiger charge is 2.81. The van der Waals surface area contributed by atoms with Gasteiger partial charge in [-0.1, -0.05) is 0 Å². The Morgan fingerprint density at radius 1 is 0.714 bits per heavy atom. The summed E-state index contributed by atoms with van der Waals surface area (Å²) in [5.74, 6) is -6.71. The molecule has 0 aliphatic rings. The van der Waals surface area contributed by atoms with Crippen LogP contribution < -0.4 is 0 Å². The molecule has 0 aromatic heterocycles. The Labute approximate surface area is 110 Å². The predicted molar refractivity (Wildman–Crippen MR) is 51.0 cm³/mol. The number of hydrogen-bond donors (Lipinski definition) is 0. The summed E-state index contributed by atoms with van der Waals surface area (Å²) in [7, 11) is 0. The first-order chi connectivity index (χ1) is 9.29. The van der Waals surface area contributed by atoms with Crippen molar-refractivity contribution in [1.29, 1.82) is 5.39 Å². The van der Waals surface area contributed by atoms with E-state index in [0.29, 0.717) is 12.1 Å². The second kappa shape index (κ2) is 4.78. The molecule has 0 spiro atoms. The maximum Gasteiger partial charge on any atom is 0.457 e. The summed E-state index contributed by atoms with van der Waals surface area (Å²) in [6, 6.07) is 0.952. The third kappa shape index (κ3) is 2.50. The number of nitrogens with zero attached hydrogens (tertiary/aromatic N) is 2. The molecule has 0 aliphatic heterocycles. The zero-order chi connectivity index (χ0) is 16.7. The van der Waals surface area contributed by atoms with Gasteiger partial charge in [-0.25, -0.2) is 4.39 Å². The Morgan fingerprint density at radius 3 is 1.43 bits per heavy atom. The van der Waals surface area contributed by atoms with Crippen molar-refractivity contribution < 1.29 is 39.5 Å². The van der Waals surface area contributed by atoms with Crippen molar-refractivity contribution in [2.24, 2.45) is 0 Å². The van der Waals surface area contributed by atoms with Crippen LogP contribution in [0.5, 0.6) is 0 Å². The zero-order valence-electron chi connectivity index (χ0n) is 9.61. The molecule has 1 aromatic rings. The average Bonchev–Trinajstić information content (AvgIpc) is 2.35. The van der Waals surface area contributed by atoms with Crippen LogP contribution in [0.1, 0.15) is 5.56 Å². The average molecular weight is 323 g/mol. The van der Waals surface area contributed by atoms with Gasteiger partial charge in [-0.2, -0.15) is 35.1 Å². The summed E-state index contributed by atoms with van der Waals surface area (Å²) in [5, 5.41) is 8.26. The summed E-state index contributed by atoms with van der Waals surface area (Å²) in [6.45, 7) is 0. The van der Waals surface area contributed by atoms with Gasteiger partial charge in [0.2, 0.25) is 5.39 Å². The fraction of sp³-hybridized carbons (Fsp3) is 0.400. The van der Waals surface area contributed by atoms with E-state index in [0.717, 1.165) is 0 Å². The lowest BCUT2D eigenvalue weighted by molar-refractivity contribution is -0.389. The van der Waals surface area contributed by atoms with Crippen LogP contribution in [0.2, 0.25) is 0 Å². The molecule has 1 atom stereocenters. The molecule has 0 fully saturated rings. The van der Waals surface area contributed by atoms with Crippen LogP contribution in [-0.2, 0) is 5.67 Å². The van der Waals surface area contributed by atoms with Crippen molar-refractivity contribution in [1.82, 2.24) is 0 Å². The number of benzene rings is 1. The third-order valence-electron chi connectivity index (χ3n) is 2.56. The van der Waals surface area contributed by atoms with Gasteiger partial charge in [0, 0.05) is 17.7 Å². The van der Waals surface area contributed by atoms with Gasteiger partial charge >= 0.3 is 29.6 Å². The first-order valence-electron chi connectivity index (χ1n) is 4.95. The van der Waals surface area contributed by atoms with Crippen LogP contribution in [0.15, 0.2) is 24.3 Å². The molecule has 2 nitrogen and oxygen atoms in total. The van der Waals surface area contributed by atoms with Crippen LogP contribution >= 0.6 is 0 Å². The Balaban J connectivity index is 3.59. The summed E-state index contributed by atoms with van der Waals surface area (Å²) >= 11 is 0. The summed E-state index contributed by atoms with van der Waals surface area (Å²) in [6.07, 6.45) is -13.3. The Hall–Kier alpha value is -1.99. The van der Waals surface area contributed by atoms with E-state index >= 15 is 0 Å². The smallest absolute Gasteiger partial charge is 0.221 e. The van der Waals surface area contributed by atoms with Crippen molar-refractivity contribution in [3.63, 3.8) is 0 Å². The van der Waals surface area contributed by atoms with Gasteiger partial charge in [-0.15, -0.1) is 0 Å². The van der Waals surface area contributed by atoms with E-state index < -0.39 is 35.2 Å². The van der Waals surface area contributed by atoms with Crippen LogP contribution in [0.3, 0.4) is 0 Å². The van der Waals surface area contributed by atoms with Gasteiger partial charge in [0.1, 0.15) is 0 Å². The largest absolute Gasteiger partial charge is 0.457 e. The molecular weight excluding hydrogens is 319 g/mol. The molecule has 116 valence electrons. The maximum atomic E-state index is 13.9. The van der Waals surface area contributed by atoms with E-state index in [1.165, 1.54) is 0 Å². The number of alkyl halides is 9. The molecule has 1 aromatic carbocycles. The van der Waals surface area contributed by atoms with Crippen molar-refractivity contribution in [3.8, 4) is 0 Å². The van der Waals surface area contributed by atoms with Gasteiger partial charge < -0.3 is 0 Å². The minimum Gasteiger partial charge on any atom is -0.221 e. The number of hydrogen-bond acceptors (Lipinski definition) is 1. The number of rotatable bonds is 2. The molecule has 0 heterocycles. The first-order valence-corrected chi connectivity index (χ1v) is 4.95. The summed E-state index contributed by atoms with van der Waals surface area (Å²) in [5.41, 5.74) is -8.41. The monoisotopic (exact) mass is 323 g/mol. The minimum atomic E-state index is -6.77. The highest BCUT2D eigenvalue weighted by Crippen LogP contribution is 2.58. The van der Waals surface area contributed by atoms with Gasteiger partial charge in [0.15, 0.2) is 4.98 Å². The lowest BCUT2D eigenvalue weighted by Gasteiger charge is -2.35. The van der Waals surface area contributed by atoms with E-state index in [1.807, 2.05) is 0 Å². The highest BCUT2D eigenvalue weighted by molar-refractivity contribution is 5.46. The molecule has 0 radical (unpaired) electrons. The first kappa shape index (κ1) is 17.1. The molecule has 0 bridgehead atoms. The third-order valence-corrected chi connectivity index (χ3v) is 2.56. The second-order valence-electron chi connectivity index (χ2n) is 3.88. The molecule has 1 rings (SSSR count). The van der Waals surface area contributed by atoms with E-state index in [-0.39, 0.29) is 12.1 Å². The Morgan fingerprint density at radius 2 is 1.14 bits per heavy atom. The van der Waals surface area contributed by atoms with Crippen LogP contribution in [0.4, 0.5) is 45.2 Å². The minimum absolute atomic E-state index is 0.0300. The predicted octanol–water partition coefficient (Wildman–Crippen LogP) is 5.10. The van der Waals surface area contributed by atoms with Crippen molar-refractivity contribution in [2.45, 2.75) is 23.9 Å². The van der Waals surface area contributed by atoms with Crippen LogP contribution in [-0.4, -0.2) is 18.3 Å². The SMILES string of the molecule is N#[N+]c1ccc(C(F)(C(F)(F)F)C(F)(F)C(F)(F)F)cc1. The molecule has 0 saturated carbocycles. The molecule has 21 heavy (non-hydrogen) atoms. The fourth-order valence-electron chi connectivity index (χ4n) is 1.48. The Bertz CT molecular complexity index is 552. The van der Waals surface area contributed by atoms with Gasteiger partial charge in [-0.05, 0) is 12.1 Å². The zero-order valence-corrected chi connectivity index (χ0v) is 9.61. The second-order valence-corrected chi connectivity index (χ2v) is 3.88. The van der Waals surface area contributed by atoms with Crippen molar-refractivity contribution in [3.05, 3.63) is 34.8 Å². The van der Waals surface area contributed by atoms with E-state index in [9.17, 15) is 39.5 Å². The molecule has 0 amide bonds. The van der Waals surface area contributed by atoms with Crippen molar-refractivity contribution >= 4 is 5.69 Å². The fourth-order valence-corrected chi connectivity index (χ4v) is 1.48. The molecule has 0 aliphatic carbocycles. The molecule has 0 saturated heterocycles. The quantitative estimate of drug-likeness (QED) is 0.550. The summed E-state index contributed by atoms with van der Waals surface area (Å²) < 4.78 is 114. The van der Waals surface area contributed by atoms with Gasteiger partial charge in [0.25, 0.3) is 0 Å². The molecule has 0 N–H and O–H groups in total. The van der Waals surface area contributed by atoms with Crippen molar-refractivity contribution in [2.75, 3.05) is 0 Å². The molecular formula is C10H4F9N2+.